The third-order valence-electron chi connectivity index (χ3n) is 4.61. The fraction of sp³-hybridized carbons (Fsp3) is 0.444. The highest BCUT2D eigenvalue weighted by molar-refractivity contribution is 7.93. The molecular formula is C18H22N2O4S3. The van der Waals surface area contributed by atoms with Gasteiger partial charge in [-0.15, -0.1) is 22.7 Å². The summed E-state index contributed by atoms with van der Waals surface area (Å²) in [4.78, 5) is 24.9. The van der Waals surface area contributed by atoms with E-state index < -0.39 is 26.9 Å². The van der Waals surface area contributed by atoms with Crippen molar-refractivity contribution >= 4 is 44.3 Å². The summed E-state index contributed by atoms with van der Waals surface area (Å²) in [6.45, 7) is -0.141. The monoisotopic (exact) mass is 426 g/mol. The van der Waals surface area contributed by atoms with Crippen molar-refractivity contribution in [3.8, 4) is 0 Å². The number of hydrogen-bond donors (Lipinski definition) is 2. The first-order valence-electron chi connectivity index (χ1n) is 8.88. The van der Waals surface area contributed by atoms with E-state index in [4.69, 9.17) is 0 Å². The molecule has 0 radical (unpaired) electrons. The summed E-state index contributed by atoms with van der Waals surface area (Å²) in [6.07, 6.45) is 5.01. The van der Waals surface area contributed by atoms with Crippen LogP contribution < -0.4 is 10.6 Å². The number of sulfone groups is 1. The fourth-order valence-corrected chi connectivity index (χ4v) is 7.16. The van der Waals surface area contributed by atoms with Gasteiger partial charge in [0.05, 0.1) is 0 Å². The third-order valence-corrected chi connectivity index (χ3v) is 9.25. The summed E-state index contributed by atoms with van der Waals surface area (Å²) in [6, 6.07) is 6.76. The molecule has 1 fully saturated rings. The Bertz CT molecular complexity index is 855. The van der Waals surface area contributed by atoms with E-state index in [0.717, 1.165) is 43.4 Å². The van der Waals surface area contributed by atoms with E-state index >= 15 is 0 Å². The summed E-state index contributed by atoms with van der Waals surface area (Å²) in [5, 5.41) is 7.84. The number of carbonyl (C=O) groups excluding carboxylic acids is 2. The van der Waals surface area contributed by atoms with E-state index in [1.165, 1.54) is 11.3 Å². The second kappa shape index (κ2) is 8.99. The summed E-state index contributed by atoms with van der Waals surface area (Å²) < 4.78 is 26.2. The van der Waals surface area contributed by atoms with Crippen molar-refractivity contribution in [2.24, 2.45) is 0 Å². The molecule has 1 aliphatic carbocycles. The molecular weight excluding hydrogens is 404 g/mol. The Kier molecular flexibility index (Phi) is 6.67. The lowest BCUT2D eigenvalue weighted by Crippen LogP contribution is -2.46. The molecule has 0 aromatic carbocycles. The molecule has 1 atom stereocenters. The topological polar surface area (TPSA) is 92.3 Å². The van der Waals surface area contributed by atoms with Crippen molar-refractivity contribution < 1.29 is 18.0 Å². The zero-order valence-electron chi connectivity index (χ0n) is 14.7. The van der Waals surface area contributed by atoms with Gasteiger partial charge in [-0.05, 0) is 35.7 Å². The molecule has 0 aliphatic heterocycles. The van der Waals surface area contributed by atoms with Crippen LogP contribution in [0.3, 0.4) is 0 Å². The van der Waals surface area contributed by atoms with E-state index in [1.54, 1.807) is 35.0 Å². The Balaban J connectivity index is 1.66. The number of nitrogens with one attached hydrogen (secondary N) is 2. The first-order chi connectivity index (χ1) is 13.0. The highest BCUT2D eigenvalue weighted by Gasteiger charge is 2.32. The van der Waals surface area contributed by atoms with Crippen LogP contribution in [-0.2, 0) is 19.4 Å². The van der Waals surface area contributed by atoms with Gasteiger partial charge in [0, 0.05) is 17.5 Å². The van der Waals surface area contributed by atoms with Crippen molar-refractivity contribution in [1.82, 2.24) is 10.6 Å². The molecule has 2 amide bonds. The van der Waals surface area contributed by atoms with Crippen LogP contribution in [0, 0.1) is 0 Å². The predicted molar refractivity (Wildman–Crippen MR) is 107 cm³/mol. The molecule has 0 unspecified atom stereocenters. The van der Waals surface area contributed by atoms with Crippen LogP contribution in [0.2, 0.25) is 0 Å². The lowest BCUT2D eigenvalue weighted by atomic mass is 9.95. The van der Waals surface area contributed by atoms with Gasteiger partial charge in [-0.3, -0.25) is 9.59 Å². The molecule has 2 aromatic heterocycles. The van der Waals surface area contributed by atoms with Gasteiger partial charge < -0.3 is 10.6 Å². The highest BCUT2D eigenvalue weighted by atomic mass is 32.2. The second-order valence-electron chi connectivity index (χ2n) is 6.50. The van der Waals surface area contributed by atoms with Crippen molar-refractivity contribution in [1.29, 1.82) is 0 Å². The van der Waals surface area contributed by atoms with Crippen LogP contribution in [0.25, 0.3) is 0 Å². The molecule has 146 valence electrons. The molecule has 2 N–H and O–H groups in total. The normalized spacial score (nSPS) is 16.6. The van der Waals surface area contributed by atoms with Gasteiger partial charge in [0.25, 0.3) is 0 Å². The Morgan fingerprint density at radius 2 is 1.74 bits per heavy atom. The minimum absolute atomic E-state index is 0.0277. The van der Waals surface area contributed by atoms with Gasteiger partial charge in [-0.1, -0.05) is 31.4 Å². The zero-order chi connectivity index (χ0) is 19.3. The maximum atomic E-state index is 13.0. The standard InChI is InChI=1S/C18H22N2O4S3/c21-17(18(22)20-13-6-2-1-3-7-13)19-12-15(14-8-4-10-25-14)27(23,24)16-9-5-11-26-16/h4-5,8-11,13,15H,1-3,6-7,12H2,(H,19,21)(H,20,22)/t15-/m0/s1. The largest absolute Gasteiger partial charge is 0.346 e. The van der Waals surface area contributed by atoms with Crippen LogP contribution in [0.1, 0.15) is 42.2 Å². The van der Waals surface area contributed by atoms with Gasteiger partial charge >= 0.3 is 11.8 Å². The Labute approximate surface area is 166 Å². The molecule has 2 heterocycles. The number of carbonyl (C=O) groups is 2. The highest BCUT2D eigenvalue weighted by Crippen LogP contribution is 2.33. The number of thiophene rings is 2. The zero-order valence-corrected chi connectivity index (χ0v) is 17.2. The first kappa shape index (κ1) is 20.0. The van der Waals surface area contributed by atoms with Gasteiger partial charge in [0.1, 0.15) is 9.46 Å². The van der Waals surface area contributed by atoms with Crippen molar-refractivity contribution in [3.63, 3.8) is 0 Å². The number of rotatable bonds is 6. The molecule has 2 aromatic rings. The van der Waals surface area contributed by atoms with Gasteiger partial charge in [0.15, 0.2) is 9.84 Å². The second-order valence-corrected chi connectivity index (χ2v) is 10.8. The third kappa shape index (κ3) is 4.97. The van der Waals surface area contributed by atoms with E-state index in [-0.39, 0.29) is 16.8 Å². The average Bonchev–Trinajstić information content (AvgIpc) is 3.36. The van der Waals surface area contributed by atoms with Crippen LogP contribution in [0.4, 0.5) is 0 Å². The van der Waals surface area contributed by atoms with Crippen LogP contribution in [0.15, 0.2) is 39.2 Å². The Hall–Kier alpha value is -1.71. The minimum Gasteiger partial charge on any atom is -0.346 e. The lowest BCUT2D eigenvalue weighted by molar-refractivity contribution is -0.139. The predicted octanol–water partition coefficient (Wildman–Crippen LogP) is 2.89. The van der Waals surface area contributed by atoms with E-state index in [1.807, 2.05) is 0 Å². The smallest absolute Gasteiger partial charge is 0.309 e. The SMILES string of the molecule is O=C(NC[C@@H](c1cccs1)S(=O)(=O)c1cccs1)C(=O)NC1CCCCC1. The minimum atomic E-state index is -3.65. The summed E-state index contributed by atoms with van der Waals surface area (Å²) in [7, 11) is -3.65. The van der Waals surface area contributed by atoms with Gasteiger partial charge in [-0.25, -0.2) is 8.42 Å². The molecule has 0 spiro atoms. The summed E-state index contributed by atoms with van der Waals surface area (Å²) in [5.41, 5.74) is 0. The number of amides is 2. The summed E-state index contributed by atoms with van der Waals surface area (Å²) in [5.74, 6) is -1.48. The lowest BCUT2D eigenvalue weighted by Gasteiger charge is -2.22. The van der Waals surface area contributed by atoms with E-state index in [9.17, 15) is 18.0 Å². The average molecular weight is 427 g/mol. The van der Waals surface area contributed by atoms with E-state index in [2.05, 4.69) is 10.6 Å². The number of hydrogen-bond acceptors (Lipinski definition) is 6. The summed E-state index contributed by atoms with van der Waals surface area (Å²) >= 11 is 2.46. The maximum Gasteiger partial charge on any atom is 0.309 e. The van der Waals surface area contributed by atoms with Crippen molar-refractivity contribution in [2.45, 2.75) is 47.6 Å². The fourth-order valence-electron chi connectivity index (χ4n) is 3.17. The van der Waals surface area contributed by atoms with Gasteiger partial charge in [-0.2, -0.15) is 0 Å². The molecule has 9 heteroatoms. The first-order valence-corrected chi connectivity index (χ1v) is 12.2. The van der Waals surface area contributed by atoms with Crippen LogP contribution >= 0.6 is 22.7 Å². The Morgan fingerprint density at radius 3 is 2.37 bits per heavy atom. The van der Waals surface area contributed by atoms with E-state index in [0.29, 0.717) is 4.88 Å². The molecule has 6 nitrogen and oxygen atoms in total. The van der Waals surface area contributed by atoms with Crippen LogP contribution in [0.5, 0.6) is 0 Å². The van der Waals surface area contributed by atoms with Crippen molar-refractivity contribution in [3.05, 3.63) is 39.9 Å². The van der Waals surface area contributed by atoms with Crippen LogP contribution in [-0.4, -0.2) is 32.8 Å². The molecule has 27 heavy (non-hydrogen) atoms. The van der Waals surface area contributed by atoms with Gasteiger partial charge in [0.2, 0.25) is 0 Å². The molecule has 0 bridgehead atoms. The molecule has 1 saturated carbocycles. The quantitative estimate of drug-likeness (QED) is 0.695. The molecule has 3 rings (SSSR count). The molecule has 1 aliphatic rings. The maximum absolute atomic E-state index is 13.0. The molecule has 0 saturated heterocycles. The Morgan fingerprint density at radius 1 is 1.04 bits per heavy atom. The van der Waals surface area contributed by atoms with Crippen molar-refractivity contribution in [2.75, 3.05) is 6.54 Å².